The minimum absolute atomic E-state index is 0.231. The van der Waals surface area contributed by atoms with E-state index in [0.717, 1.165) is 16.7 Å². The van der Waals surface area contributed by atoms with Gasteiger partial charge in [-0.1, -0.05) is 0 Å². The first-order valence-electron chi connectivity index (χ1n) is 8.20. The Balaban J connectivity index is 1.97. The Morgan fingerprint density at radius 3 is 2.76 bits per heavy atom. The second-order valence-electron chi connectivity index (χ2n) is 5.97. The number of nitrogens with zero attached hydrogens (tertiary/aromatic N) is 2. The molecule has 0 radical (unpaired) electrons. The molecule has 3 rings (SSSR count). The molecule has 152 valence electrons. The molecule has 0 bridgehead atoms. The van der Waals surface area contributed by atoms with Crippen LogP contribution >= 0.6 is 0 Å². The normalized spacial score (nSPS) is 12.1. The number of nitrogens with one attached hydrogen (secondary N) is 1. The van der Waals surface area contributed by atoms with Crippen LogP contribution in [-0.4, -0.2) is 33.4 Å². The number of alkyl halides is 3. The van der Waals surface area contributed by atoms with E-state index in [9.17, 15) is 27.2 Å². The Labute approximate surface area is 160 Å². The lowest BCUT2D eigenvalue weighted by atomic mass is 10.1. The van der Waals surface area contributed by atoms with Crippen LogP contribution in [0.5, 0.6) is 0 Å². The highest BCUT2D eigenvalue weighted by Gasteiger charge is 2.28. The average Bonchev–Trinajstić information content (AvgIpc) is 3.04. The Kier molecular flexibility index (Phi) is 5.50. The summed E-state index contributed by atoms with van der Waals surface area (Å²) in [6, 6.07) is 2.60. The number of primary amides is 1. The third-order valence-corrected chi connectivity index (χ3v) is 3.96. The molecule has 0 saturated carbocycles. The summed E-state index contributed by atoms with van der Waals surface area (Å²) >= 11 is 0. The number of hydrogen-bond acceptors (Lipinski definition) is 4. The number of nitrogens with two attached hydrogens (primary N) is 1. The van der Waals surface area contributed by atoms with Crippen molar-refractivity contribution in [2.45, 2.75) is 12.9 Å². The van der Waals surface area contributed by atoms with Crippen molar-refractivity contribution in [1.82, 2.24) is 14.5 Å². The predicted octanol–water partition coefficient (Wildman–Crippen LogP) is 2.57. The third kappa shape index (κ3) is 4.88. The molecule has 3 N–H and O–H groups in total. The average molecular weight is 410 g/mol. The molecule has 0 fully saturated rings. The van der Waals surface area contributed by atoms with Crippen LogP contribution in [0, 0.1) is 5.82 Å². The first-order chi connectivity index (χ1) is 13.6. The summed E-state index contributed by atoms with van der Waals surface area (Å²) in [6.07, 6.45) is 2.02. The summed E-state index contributed by atoms with van der Waals surface area (Å²) in [5, 5.41) is 0.596. The minimum Gasteiger partial charge on any atom is -0.366 e. The molecule has 0 aliphatic heterocycles. The number of carbonyl (C=O) groups is 1. The van der Waals surface area contributed by atoms with Gasteiger partial charge in [-0.3, -0.25) is 14.3 Å². The number of hydrogen-bond donors (Lipinski definition) is 2. The van der Waals surface area contributed by atoms with Gasteiger partial charge in [0.1, 0.15) is 5.65 Å². The maximum Gasteiger partial charge on any atom is 0.522 e. The SMILES string of the molecule is NC(=O)/C=C/c1c[nH]c2ncc(-c3cc(F)c(=O)n(CCOC(F)(F)F)c3)cc12. The molecule has 3 aromatic rings. The van der Waals surface area contributed by atoms with Gasteiger partial charge in [-0.15, -0.1) is 13.2 Å². The van der Waals surface area contributed by atoms with Gasteiger partial charge in [0, 0.05) is 53.3 Å². The van der Waals surface area contributed by atoms with E-state index in [4.69, 9.17) is 5.73 Å². The third-order valence-electron chi connectivity index (χ3n) is 3.96. The Morgan fingerprint density at radius 2 is 2.07 bits per heavy atom. The van der Waals surface area contributed by atoms with Crippen LogP contribution in [0.3, 0.4) is 0 Å². The van der Waals surface area contributed by atoms with Crippen molar-refractivity contribution in [1.29, 1.82) is 0 Å². The fourth-order valence-corrected chi connectivity index (χ4v) is 2.67. The molecule has 0 saturated heterocycles. The lowest BCUT2D eigenvalue weighted by Crippen LogP contribution is -2.26. The first-order valence-corrected chi connectivity index (χ1v) is 8.20. The van der Waals surface area contributed by atoms with E-state index in [1.807, 2.05) is 0 Å². The zero-order chi connectivity index (χ0) is 21.2. The van der Waals surface area contributed by atoms with E-state index in [1.165, 1.54) is 18.5 Å². The van der Waals surface area contributed by atoms with Gasteiger partial charge in [-0.2, -0.15) is 0 Å². The van der Waals surface area contributed by atoms with Crippen LogP contribution < -0.4 is 11.3 Å². The van der Waals surface area contributed by atoms with E-state index in [2.05, 4.69) is 14.7 Å². The largest absolute Gasteiger partial charge is 0.522 e. The molecule has 0 aromatic carbocycles. The van der Waals surface area contributed by atoms with Crippen LogP contribution in [0.1, 0.15) is 5.56 Å². The summed E-state index contributed by atoms with van der Waals surface area (Å²) in [6.45, 7) is -1.33. The van der Waals surface area contributed by atoms with Crippen LogP contribution in [0.2, 0.25) is 0 Å². The number of H-pyrrole nitrogens is 1. The van der Waals surface area contributed by atoms with Gasteiger partial charge in [0.2, 0.25) is 5.91 Å². The van der Waals surface area contributed by atoms with Crippen molar-refractivity contribution in [2.75, 3.05) is 6.61 Å². The predicted molar refractivity (Wildman–Crippen MR) is 96.0 cm³/mol. The minimum atomic E-state index is -4.85. The Morgan fingerprint density at radius 1 is 1.31 bits per heavy atom. The number of aromatic nitrogens is 3. The van der Waals surface area contributed by atoms with E-state index in [0.29, 0.717) is 22.2 Å². The molecule has 7 nitrogen and oxygen atoms in total. The molecule has 0 atom stereocenters. The van der Waals surface area contributed by atoms with Gasteiger partial charge in [-0.05, 0) is 18.2 Å². The smallest absolute Gasteiger partial charge is 0.366 e. The second kappa shape index (κ2) is 7.87. The number of amides is 1. The van der Waals surface area contributed by atoms with Crippen molar-refractivity contribution in [3.05, 3.63) is 58.5 Å². The highest BCUT2D eigenvalue weighted by molar-refractivity contribution is 5.95. The molecule has 0 aliphatic carbocycles. The lowest BCUT2D eigenvalue weighted by molar-refractivity contribution is -0.325. The molecule has 3 aromatic heterocycles. The Bertz CT molecular complexity index is 1150. The van der Waals surface area contributed by atoms with Crippen molar-refractivity contribution >= 4 is 23.0 Å². The van der Waals surface area contributed by atoms with Gasteiger partial charge in [0.25, 0.3) is 5.56 Å². The summed E-state index contributed by atoms with van der Waals surface area (Å²) in [4.78, 5) is 29.9. The highest BCUT2D eigenvalue weighted by Crippen LogP contribution is 2.25. The molecule has 11 heteroatoms. The number of aromatic amines is 1. The van der Waals surface area contributed by atoms with Crippen LogP contribution in [0.15, 0.2) is 41.6 Å². The molecule has 29 heavy (non-hydrogen) atoms. The first kappa shape index (κ1) is 20.3. The van der Waals surface area contributed by atoms with E-state index in [1.54, 1.807) is 12.3 Å². The number of rotatable bonds is 6. The maximum atomic E-state index is 14.0. The number of fused-ring (bicyclic) bond motifs is 1. The Hall–Kier alpha value is -3.47. The topological polar surface area (TPSA) is 103 Å². The summed E-state index contributed by atoms with van der Waals surface area (Å²) in [5.74, 6) is -1.77. The second-order valence-corrected chi connectivity index (χ2v) is 5.97. The van der Waals surface area contributed by atoms with Gasteiger partial charge in [-0.25, -0.2) is 9.37 Å². The van der Waals surface area contributed by atoms with Gasteiger partial charge in [0.15, 0.2) is 5.82 Å². The molecule has 0 spiro atoms. The number of ether oxygens (including phenoxy) is 1. The van der Waals surface area contributed by atoms with E-state index >= 15 is 0 Å². The van der Waals surface area contributed by atoms with E-state index in [-0.39, 0.29) is 5.56 Å². The van der Waals surface area contributed by atoms with Gasteiger partial charge < -0.3 is 15.3 Å². The van der Waals surface area contributed by atoms with E-state index < -0.39 is 36.8 Å². The fourth-order valence-electron chi connectivity index (χ4n) is 2.67. The highest BCUT2D eigenvalue weighted by atomic mass is 19.4. The zero-order valence-corrected chi connectivity index (χ0v) is 14.7. The molecule has 3 heterocycles. The number of halogens is 4. The molecule has 1 amide bonds. The molecular weight excluding hydrogens is 396 g/mol. The van der Waals surface area contributed by atoms with Crippen LogP contribution in [-0.2, 0) is 16.1 Å². The fraction of sp³-hybridized carbons (Fsp3) is 0.167. The number of pyridine rings is 2. The molecular formula is C18H14F4N4O3. The summed E-state index contributed by atoms with van der Waals surface area (Å²) in [5.41, 5.74) is 5.74. The monoisotopic (exact) mass is 410 g/mol. The van der Waals surface area contributed by atoms with Crippen LogP contribution in [0.4, 0.5) is 17.6 Å². The lowest BCUT2D eigenvalue weighted by Gasteiger charge is -2.11. The number of carbonyl (C=O) groups excluding carboxylic acids is 1. The summed E-state index contributed by atoms with van der Waals surface area (Å²) in [7, 11) is 0. The van der Waals surface area contributed by atoms with Crippen molar-refractivity contribution < 1.29 is 27.1 Å². The van der Waals surface area contributed by atoms with Gasteiger partial charge >= 0.3 is 6.36 Å². The standard InChI is InChI=1S/C18H14F4N4O3/c19-14-6-12(9-26(17(14)28)3-4-29-18(20,21)22)11-5-13-10(1-2-15(23)27)7-24-16(13)25-8-11/h1-2,5-9H,3-4H2,(H2,23,27)(H,24,25)/b2-1+. The van der Waals surface area contributed by atoms with Crippen molar-refractivity contribution in [2.24, 2.45) is 5.73 Å². The van der Waals surface area contributed by atoms with Gasteiger partial charge in [0.05, 0.1) is 6.61 Å². The quantitative estimate of drug-likeness (QED) is 0.482. The zero-order valence-electron chi connectivity index (χ0n) is 14.7. The van der Waals surface area contributed by atoms with Crippen molar-refractivity contribution in [3.8, 4) is 11.1 Å². The molecule has 0 unspecified atom stereocenters. The summed E-state index contributed by atoms with van der Waals surface area (Å²) < 4.78 is 54.8. The van der Waals surface area contributed by atoms with Crippen molar-refractivity contribution in [3.63, 3.8) is 0 Å². The van der Waals surface area contributed by atoms with Crippen LogP contribution in [0.25, 0.3) is 28.2 Å². The molecule has 0 aliphatic rings. The maximum absolute atomic E-state index is 14.0.